The van der Waals surface area contributed by atoms with Crippen LogP contribution in [0.4, 0.5) is 0 Å². The fourth-order valence-electron chi connectivity index (χ4n) is 2.85. The van der Waals surface area contributed by atoms with E-state index in [0.717, 1.165) is 19.3 Å². The quantitative estimate of drug-likeness (QED) is 0.688. The molecule has 3 atom stereocenters. The van der Waals surface area contributed by atoms with Crippen LogP contribution in [-0.4, -0.2) is 20.1 Å². The van der Waals surface area contributed by atoms with Crippen molar-refractivity contribution in [2.24, 2.45) is 11.8 Å². The minimum absolute atomic E-state index is 0.130. The molecule has 5 heteroatoms. The molecule has 0 amide bonds. The van der Waals surface area contributed by atoms with Crippen LogP contribution < -0.4 is 4.72 Å². The SMILES string of the molecule is C[C@H]1CCC2[C@H](C1)OS(=O)(=O)NC2(C)C. The van der Waals surface area contributed by atoms with E-state index in [1.165, 1.54) is 0 Å². The first kappa shape index (κ1) is 11.4. The Morgan fingerprint density at radius 2 is 2.00 bits per heavy atom. The van der Waals surface area contributed by atoms with Gasteiger partial charge < -0.3 is 0 Å². The Balaban J connectivity index is 2.25. The first-order chi connectivity index (χ1) is 6.80. The van der Waals surface area contributed by atoms with Gasteiger partial charge in [-0.25, -0.2) is 0 Å². The molecule has 1 saturated carbocycles. The molecule has 1 aliphatic heterocycles. The Morgan fingerprint density at radius 1 is 1.33 bits per heavy atom. The van der Waals surface area contributed by atoms with E-state index in [2.05, 4.69) is 11.6 Å². The molecular weight excluding hydrogens is 214 g/mol. The van der Waals surface area contributed by atoms with Crippen molar-refractivity contribution in [1.29, 1.82) is 0 Å². The second kappa shape index (κ2) is 3.43. The summed E-state index contributed by atoms with van der Waals surface area (Å²) in [6, 6.07) is 0. The molecule has 0 bridgehead atoms. The van der Waals surface area contributed by atoms with Gasteiger partial charge in [0, 0.05) is 11.5 Å². The minimum Gasteiger partial charge on any atom is -0.254 e. The minimum atomic E-state index is -3.53. The number of hydrogen-bond donors (Lipinski definition) is 1. The van der Waals surface area contributed by atoms with E-state index in [0.29, 0.717) is 11.8 Å². The second-order valence-corrected chi connectivity index (χ2v) is 6.74. The van der Waals surface area contributed by atoms with Gasteiger partial charge in [-0.1, -0.05) is 13.3 Å². The third-order valence-electron chi connectivity index (χ3n) is 3.62. The number of fused-ring (bicyclic) bond motifs is 1. The highest BCUT2D eigenvalue weighted by molar-refractivity contribution is 7.84. The number of rotatable bonds is 0. The van der Waals surface area contributed by atoms with Crippen molar-refractivity contribution >= 4 is 10.3 Å². The van der Waals surface area contributed by atoms with Gasteiger partial charge in [0.25, 0.3) is 0 Å². The van der Waals surface area contributed by atoms with Crippen molar-refractivity contribution in [2.45, 2.75) is 51.7 Å². The lowest BCUT2D eigenvalue weighted by Gasteiger charge is -2.47. The average molecular weight is 233 g/mol. The molecule has 2 aliphatic rings. The lowest BCUT2D eigenvalue weighted by Crippen LogP contribution is -2.60. The van der Waals surface area contributed by atoms with Crippen molar-refractivity contribution in [2.75, 3.05) is 0 Å². The van der Waals surface area contributed by atoms with Crippen molar-refractivity contribution in [3.63, 3.8) is 0 Å². The zero-order valence-corrected chi connectivity index (χ0v) is 10.3. The average Bonchev–Trinajstić information content (AvgIpc) is 1.97. The third-order valence-corrected chi connectivity index (χ3v) is 4.90. The zero-order chi connectivity index (χ0) is 11.3. The van der Waals surface area contributed by atoms with Gasteiger partial charge in [-0.15, -0.1) is 0 Å². The zero-order valence-electron chi connectivity index (χ0n) is 9.49. The van der Waals surface area contributed by atoms with E-state index in [9.17, 15) is 8.42 Å². The predicted octanol–water partition coefficient (Wildman–Crippen LogP) is 1.43. The fraction of sp³-hybridized carbons (Fsp3) is 1.00. The first-order valence-electron chi connectivity index (χ1n) is 5.52. The Bertz CT molecular complexity index is 350. The first-order valence-corrected chi connectivity index (χ1v) is 6.93. The van der Waals surface area contributed by atoms with Gasteiger partial charge >= 0.3 is 10.3 Å². The lowest BCUT2D eigenvalue weighted by atomic mass is 9.72. The molecule has 1 N–H and O–H groups in total. The molecule has 1 saturated heterocycles. The Labute approximate surface area is 91.6 Å². The monoisotopic (exact) mass is 233 g/mol. The second-order valence-electron chi connectivity index (χ2n) is 5.44. The highest BCUT2D eigenvalue weighted by atomic mass is 32.2. The Kier molecular flexibility index (Phi) is 2.60. The van der Waals surface area contributed by atoms with E-state index in [-0.39, 0.29) is 11.6 Å². The normalized spacial score (nSPS) is 43.3. The molecule has 0 spiro atoms. The van der Waals surface area contributed by atoms with Gasteiger partial charge in [0.15, 0.2) is 0 Å². The van der Waals surface area contributed by atoms with Gasteiger partial charge in [-0.05, 0) is 32.6 Å². The highest BCUT2D eigenvalue weighted by Crippen LogP contribution is 2.40. The largest absolute Gasteiger partial charge is 0.336 e. The standard InChI is InChI=1S/C10H19NO3S/c1-7-4-5-8-9(6-7)14-15(12,13)11-10(8,2)3/h7-9,11H,4-6H2,1-3H3/t7-,8?,9-/m0/s1. The topological polar surface area (TPSA) is 55.4 Å². The third kappa shape index (κ3) is 2.19. The molecule has 0 aromatic rings. The molecule has 0 radical (unpaired) electrons. The number of hydrogen-bond acceptors (Lipinski definition) is 3. The molecule has 1 unspecified atom stereocenters. The van der Waals surface area contributed by atoms with Crippen molar-refractivity contribution < 1.29 is 12.6 Å². The summed E-state index contributed by atoms with van der Waals surface area (Å²) in [5.74, 6) is 0.868. The summed E-state index contributed by atoms with van der Waals surface area (Å²) < 4.78 is 30.7. The Hall–Kier alpha value is -0.130. The molecule has 2 rings (SSSR count). The molecule has 1 heterocycles. The van der Waals surface area contributed by atoms with E-state index in [4.69, 9.17) is 4.18 Å². The van der Waals surface area contributed by atoms with Crippen LogP contribution in [0.3, 0.4) is 0 Å². The van der Waals surface area contributed by atoms with Gasteiger partial charge in [0.2, 0.25) is 0 Å². The summed E-state index contributed by atoms with van der Waals surface area (Å²) in [6.45, 7) is 6.04. The molecule has 4 nitrogen and oxygen atoms in total. The summed E-state index contributed by atoms with van der Waals surface area (Å²) >= 11 is 0. The molecule has 0 aromatic carbocycles. The van der Waals surface area contributed by atoms with Crippen LogP contribution in [0.1, 0.15) is 40.0 Å². The summed E-state index contributed by atoms with van der Waals surface area (Å²) in [4.78, 5) is 0. The van der Waals surface area contributed by atoms with Crippen LogP contribution in [0.2, 0.25) is 0 Å². The van der Waals surface area contributed by atoms with E-state index in [1.807, 2.05) is 13.8 Å². The van der Waals surface area contributed by atoms with Crippen molar-refractivity contribution in [1.82, 2.24) is 4.72 Å². The predicted molar refractivity (Wildman–Crippen MR) is 57.5 cm³/mol. The van der Waals surface area contributed by atoms with Crippen LogP contribution in [0, 0.1) is 11.8 Å². The summed E-state index contributed by atoms with van der Waals surface area (Å²) in [6.07, 6.45) is 2.93. The van der Waals surface area contributed by atoms with Gasteiger partial charge in [0.05, 0.1) is 6.10 Å². The van der Waals surface area contributed by atoms with E-state index in [1.54, 1.807) is 0 Å². The Morgan fingerprint density at radius 3 is 2.67 bits per heavy atom. The smallest absolute Gasteiger partial charge is 0.254 e. The van der Waals surface area contributed by atoms with Gasteiger partial charge in [-0.2, -0.15) is 13.1 Å². The highest BCUT2D eigenvalue weighted by Gasteiger charge is 2.47. The maximum atomic E-state index is 11.5. The molecule has 2 fully saturated rings. The maximum absolute atomic E-state index is 11.5. The number of nitrogens with one attached hydrogen (secondary N) is 1. The summed E-state index contributed by atoms with van der Waals surface area (Å²) in [7, 11) is -3.53. The van der Waals surface area contributed by atoms with E-state index >= 15 is 0 Å². The van der Waals surface area contributed by atoms with E-state index < -0.39 is 10.3 Å². The van der Waals surface area contributed by atoms with Crippen LogP contribution in [0.5, 0.6) is 0 Å². The molecule has 0 aromatic heterocycles. The summed E-state index contributed by atoms with van der Waals surface area (Å²) in [5, 5.41) is 0. The van der Waals surface area contributed by atoms with Gasteiger partial charge in [0.1, 0.15) is 0 Å². The molecule has 88 valence electrons. The van der Waals surface area contributed by atoms with Crippen molar-refractivity contribution in [3.8, 4) is 0 Å². The van der Waals surface area contributed by atoms with Crippen molar-refractivity contribution in [3.05, 3.63) is 0 Å². The van der Waals surface area contributed by atoms with Crippen LogP contribution in [0.25, 0.3) is 0 Å². The fourth-order valence-corrected chi connectivity index (χ4v) is 4.23. The van der Waals surface area contributed by atoms with Crippen LogP contribution >= 0.6 is 0 Å². The summed E-state index contributed by atoms with van der Waals surface area (Å²) in [5.41, 5.74) is -0.373. The molecule has 15 heavy (non-hydrogen) atoms. The van der Waals surface area contributed by atoms with Crippen LogP contribution in [-0.2, 0) is 14.5 Å². The molecule has 1 aliphatic carbocycles. The molecular formula is C10H19NO3S. The van der Waals surface area contributed by atoms with Gasteiger partial charge in [-0.3, -0.25) is 4.18 Å². The maximum Gasteiger partial charge on any atom is 0.336 e. The van der Waals surface area contributed by atoms with Crippen LogP contribution in [0.15, 0.2) is 0 Å². The lowest BCUT2D eigenvalue weighted by molar-refractivity contribution is 0.0102.